The van der Waals surface area contributed by atoms with E-state index in [1.165, 1.54) is 11.8 Å². The first-order valence-electron chi connectivity index (χ1n) is 10.2. The number of hydrogen-bond donors (Lipinski definition) is 0. The first-order valence-corrected chi connectivity index (χ1v) is 11.5. The molecule has 2 aromatic rings. The number of amidine groups is 1. The van der Waals surface area contributed by atoms with Crippen LogP contribution in [0.25, 0.3) is 0 Å². The van der Waals surface area contributed by atoms with Gasteiger partial charge in [-0.25, -0.2) is 4.99 Å². The fourth-order valence-electron chi connectivity index (χ4n) is 3.30. The van der Waals surface area contributed by atoms with E-state index < -0.39 is 0 Å². The second-order valence-corrected chi connectivity index (χ2v) is 8.50. The number of benzene rings is 2. The molecule has 166 valence electrons. The third kappa shape index (κ3) is 5.46. The fourth-order valence-corrected chi connectivity index (χ4v) is 4.74. The number of aliphatic imine (C=N–C) groups is 1. The van der Waals surface area contributed by atoms with Crippen molar-refractivity contribution in [3.8, 4) is 17.2 Å². The van der Waals surface area contributed by atoms with Crippen molar-refractivity contribution in [3.63, 3.8) is 0 Å². The first kappa shape index (κ1) is 23.3. The molecule has 1 aliphatic heterocycles. The van der Waals surface area contributed by atoms with Crippen LogP contribution in [0.2, 0.25) is 5.02 Å². The summed E-state index contributed by atoms with van der Waals surface area (Å²) in [6, 6.07) is 11.1. The van der Waals surface area contributed by atoms with E-state index in [1.807, 2.05) is 44.2 Å². The summed E-state index contributed by atoms with van der Waals surface area (Å²) in [5.41, 5.74) is 1.62. The number of ether oxygens (including phenoxy) is 3. The number of hydrogen-bond acceptors (Lipinski definition) is 6. The summed E-state index contributed by atoms with van der Waals surface area (Å²) < 4.78 is 16.2. The maximum atomic E-state index is 13.1. The zero-order valence-corrected chi connectivity index (χ0v) is 19.8. The minimum atomic E-state index is -0.302. The van der Waals surface area contributed by atoms with Crippen LogP contribution >= 0.6 is 23.4 Å². The summed E-state index contributed by atoms with van der Waals surface area (Å²) in [4.78, 5) is 19.6. The molecule has 0 radical (unpaired) electrons. The molecule has 31 heavy (non-hydrogen) atoms. The van der Waals surface area contributed by atoms with Crippen molar-refractivity contribution < 1.29 is 19.0 Å². The molecule has 1 amide bonds. The molecule has 0 bridgehead atoms. The van der Waals surface area contributed by atoms with Gasteiger partial charge in [0.15, 0.2) is 16.7 Å². The van der Waals surface area contributed by atoms with Gasteiger partial charge in [0.2, 0.25) is 5.91 Å². The molecular formula is C23H27ClN2O4S. The number of methoxy groups -OCH3 is 2. The molecule has 1 saturated heterocycles. The molecule has 3 rings (SSSR count). The van der Waals surface area contributed by atoms with Crippen LogP contribution in [0.3, 0.4) is 0 Å². The van der Waals surface area contributed by atoms with Gasteiger partial charge in [0.25, 0.3) is 0 Å². The van der Waals surface area contributed by atoms with E-state index in [9.17, 15) is 4.79 Å². The molecule has 1 aliphatic rings. The van der Waals surface area contributed by atoms with Gasteiger partial charge in [-0.1, -0.05) is 30.3 Å². The zero-order valence-electron chi connectivity index (χ0n) is 18.2. The van der Waals surface area contributed by atoms with Gasteiger partial charge in [-0.05, 0) is 55.7 Å². The lowest BCUT2D eigenvalue weighted by Gasteiger charge is -2.16. The van der Waals surface area contributed by atoms with Crippen molar-refractivity contribution in [1.82, 2.24) is 4.90 Å². The Labute approximate surface area is 192 Å². The summed E-state index contributed by atoms with van der Waals surface area (Å²) in [6.07, 6.45) is 1.32. The van der Waals surface area contributed by atoms with Gasteiger partial charge in [-0.15, -0.1) is 0 Å². The van der Waals surface area contributed by atoms with E-state index >= 15 is 0 Å². The Kier molecular flexibility index (Phi) is 8.09. The number of thioether (sulfide) groups is 1. The van der Waals surface area contributed by atoms with E-state index in [4.69, 9.17) is 30.8 Å². The molecule has 0 N–H and O–H groups in total. The van der Waals surface area contributed by atoms with Crippen molar-refractivity contribution in [3.05, 3.63) is 47.0 Å². The van der Waals surface area contributed by atoms with Gasteiger partial charge in [0.05, 0.1) is 31.8 Å². The molecular weight excluding hydrogens is 436 g/mol. The topological polar surface area (TPSA) is 60.4 Å². The maximum Gasteiger partial charge on any atom is 0.242 e. The minimum absolute atomic E-state index is 0.0439. The lowest BCUT2D eigenvalue weighted by Crippen LogP contribution is -2.33. The van der Waals surface area contributed by atoms with E-state index in [0.717, 1.165) is 23.4 Å². The number of nitrogens with zero attached hydrogens (tertiary/aromatic N) is 2. The highest BCUT2D eigenvalue weighted by Gasteiger charge is 2.38. The average Bonchev–Trinajstić information content (AvgIpc) is 3.05. The predicted molar refractivity (Wildman–Crippen MR) is 126 cm³/mol. The van der Waals surface area contributed by atoms with Crippen LogP contribution < -0.4 is 14.2 Å². The molecule has 2 aromatic carbocycles. The molecule has 0 spiro atoms. The Balaban J connectivity index is 1.84. The Hall–Kier alpha value is -2.38. The van der Waals surface area contributed by atoms with Crippen molar-refractivity contribution in [2.75, 3.05) is 27.4 Å². The van der Waals surface area contributed by atoms with Crippen LogP contribution in [0.4, 0.5) is 5.69 Å². The second-order valence-electron chi connectivity index (χ2n) is 6.92. The number of rotatable bonds is 9. The number of amides is 1. The van der Waals surface area contributed by atoms with Crippen molar-refractivity contribution >= 4 is 40.1 Å². The number of carbonyl (C=O) groups excluding carboxylic acids is 1. The summed E-state index contributed by atoms with van der Waals surface area (Å²) in [5, 5.41) is 0.950. The fraction of sp³-hybridized carbons (Fsp3) is 0.391. The molecule has 6 nitrogen and oxygen atoms in total. The second kappa shape index (κ2) is 10.8. The largest absolute Gasteiger partial charge is 0.494 e. The smallest absolute Gasteiger partial charge is 0.242 e. The normalized spacial score (nSPS) is 17.3. The molecule has 1 atom stereocenters. The zero-order chi connectivity index (χ0) is 22.4. The van der Waals surface area contributed by atoms with Crippen LogP contribution in [0.5, 0.6) is 17.2 Å². The summed E-state index contributed by atoms with van der Waals surface area (Å²) in [7, 11) is 3.14. The monoisotopic (exact) mass is 462 g/mol. The lowest BCUT2D eigenvalue weighted by atomic mass is 10.1. The molecule has 0 saturated carbocycles. The summed E-state index contributed by atoms with van der Waals surface area (Å²) in [6.45, 7) is 5.23. The molecule has 0 aromatic heterocycles. The van der Waals surface area contributed by atoms with Gasteiger partial charge in [0.1, 0.15) is 5.75 Å². The predicted octanol–water partition coefficient (Wildman–Crippen LogP) is 5.34. The van der Waals surface area contributed by atoms with Crippen LogP contribution in [0, 0.1) is 0 Å². The van der Waals surface area contributed by atoms with Crippen LogP contribution in [0.1, 0.15) is 25.8 Å². The third-order valence-corrected chi connectivity index (χ3v) is 6.32. The quantitative estimate of drug-likeness (QED) is 0.503. The Morgan fingerprint density at radius 3 is 2.39 bits per heavy atom. The van der Waals surface area contributed by atoms with Crippen LogP contribution in [0.15, 0.2) is 41.4 Å². The SMILES string of the molecule is CCCN1C(=O)[C@@H](Cc2cc(OC)c(OC)cc2Cl)SC1=Nc1ccc(OCC)cc1. The standard InChI is InChI=1S/C23H27ClN2O4S/c1-5-11-26-22(27)21(13-15-12-19(28-3)20(29-4)14-18(15)24)31-23(26)25-16-7-9-17(10-8-16)30-6-2/h7-10,12,14,21H,5-6,11,13H2,1-4H3/t21-/m1/s1. The van der Waals surface area contributed by atoms with Gasteiger partial charge in [0, 0.05) is 17.6 Å². The van der Waals surface area contributed by atoms with Crippen molar-refractivity contribution in [2.45, 2.75) is 31.9 Å². The highest BCUT2D eigenvalue weighted by molar-refractivity contribution is 8.15. The van der Waals surface area contributed by atoms with Crippen LogP contribution in [-0.4, -0.2) is 48.6 Å². The Morgan fingerprint density at radius 2 is 1.77 bits per heavy atom. The van der Waals surface area contributed by atoms with Gasteiger partial charge in [-0.3, -0.25) is 9.69 Å². The summed E-state index contributed by atoms with van der Waals surface area (Å²) in [5.74, 6) is 1.99. The molecule has 1 fully saturated rings. The molecule has 0 aliphatic carbocycles. The highest BCUT2D eigenvalue weighted by Crippen LogP contribution is 2.37. The van der Waals surface area contributed by atoms with Crippen molar-refractivity contribution in [1.29, 1.82) is 0 Å². The maximum absolute atomic E-state index is 13.1. The Morgan fingerprint density at radius 1 is 1.10 bits per heavy atom. The average molecular weight is 463 g/mol. The van der Waals surface area contributed by atoms with Crippen LogP contribution in [-0.2, 0) is 11.2 Å². The summed E-state index contributed by atoms with van der Waals surface area (Å²) >= 11 is 7.92. The van der Waals surface area contributed by atoms with Gasteiger partial charge < -0.3 is 14.2 Å². The van der Waals surface area contributed by atoms with Crippen molar-refractivity contribution in [2.24, 2.45) is 4.99 Å². The minimum Gasteiger partial charge on any atom is -0.494 e. The molecule has 1 heterocycles. The molecule has 0 unspecified atom stereocenters. The first-order chi connectivity index (χ1) is 15.0. The van der Waals surface area contributed by atoms with E-state index in [0.29, 0.717) is 41.3 Å². The Bertz CT molecular complexity index is 949. The highest BCUT2D eigenvalue weighted by atomic mass is 35.5. The number of carbonyl (C=O) groups is 1. The van der Waals surface area contributed by atoms with Gasteiger partial charge in [-0.2, -0.15) is 0 Å². The third-order valence-electron chi connectivity index (χ3n) is 4.80. The van der Waals surface area contributed by atoms with Gasteiger partial charge >= 0.3 is 0 Å². The van der Waals surface area contributed by atoms with E-state index in [-0.39, 0.29) is 11.2 Å². The van der Waals surface area contributed by atoms with E-state index in [1.54, 1.807) is 25.2 Å². The number of halogens is 1. The van der Waals surface area contributed by atoms with E-state index in [2.05, 4.69) is 0 Å². The lowest BCUT2D eigenvalue weighted by molar-refractivity contribution is -0.126. The molecule has 8 heteroatoms.